The molecule has 1 unspecified atom stereocenters. The van der Waals surface area contributed by atoms with Crippen molar-refractivity contribution in [3.05, 3.63) is 17.8 Å². The van der Waals surface area contributed by atoms with Crippen LogP contribution in [0.4, 0.5) is 11.5 Å². The van der Waals surface area contributed by atoms with Crippen molar-refractivity contribution in [2.45, 2.75) is 31.7 Å². The van der Waals surface area contributed by atoms with Crippen LogP contribution in [0.1, 0.15) is 36.0 Å². The largest absolute Gasteiger partial charge is 0.465 e. The number of rotatable bonds is 5. The Morgan fingerprint density at radius 3 is 3.15 bits per heavy atom. The lowest BCUT2D eigenvalue weighted by atomic mass is 10.1. The maximum absolute atomic E-state index is 11.7. The number of hydrogen-bond donors (Lipinski definition) is 2. The van der Waals surface area contributed by atoms with Crippen LogP contribution in [0, 0.1) is 0 Å². The number of carbonyl (C=O) groups is 1. The van der Waals surface area contributed by atoms with E-state index in [0.717, 1.165) is 38.0 Å². The molecule has 1 saturated heterocycles. The molecular weight excluding hydrogens is 258 g/mol. The highest BCUT2D eigenvalue weighted by Crippen LogP contribution is 2.28. The van der Waals surface area contributed by atoms with E-state index in [9.17, 15) is 4.79 Å². The van der Waals surface area contributed by atoms with E-state index in [-0.39, 0.29) is 6.61 Å². The molecule has 1 aliphatic heterocycles. The monoisotopic (exact) mass is 279 g/mol. The van der Waals surface area contributed by atoms with Crippen LogP contribution in [0.3, 0.4) is 0 Å². The summed E-state index contributed by atoms with van der Waals surface area (Å²) >= 11 is 0. The zero-order chi connectivity index (χ0) is 14.5. The Kier molecular flexibility index (Phi) is 4.79. The fraction of sp³-hybridized carbons (Fsp3) is 0.571. The van der Waals surface area contributed by atoms with Gasteiger partial charge in [0, 0.05) is 19.2 Å². The smallest absolute Gasteiger partial charge is 0.340 e. The van der Waals surface area contributed by atoms with Crippen molar-refractivity contribution in [3.63, 3.8) is 0 Å². The van der Waals surface area contributed by atoms with Gasteiger partial charge in [-0.15, -0.1) is 0 Å². The molecule has 1 aromatic rings. The lowest BCUT2D eigenvalue weighted by Crippen LogP contribution is -2.30. The van der Waals surface area contributed by atoms with Gasteiger partial charge in [-0.2, -0.15) is 0 Å². The molecular formula is C14H21N3O3. The first-order valence-corrected chi connectivity index (χ1v) is 6.88. The van der Waals surface area contributed by atoms with Gasteiger partial charge >= 0.3 is 5.97 Å². The molecule has 0 spiro atoms. The van der Waals surface area contributed by atoms with Crippen LogP contribution in [-0.4, -0.2) is 42.4 Å². The minimum atomic E-state index is -0.447. The van der Waals surface area contributed by atoms with E-state index in [1.54, 1.807) is 6.07 Å². The van der Waals surface area contributed by atoms with Gasteiger partial charge in [0.25, 0.3) is 0 Å². The van der Waals surface area contributed by atoms with Crippen LogP contribution >= 0.6 is 0 Å². The van der Waals surface area contributed by atoms with Gasteiger partial charge in [0.1, 0.15) is 5.82 Å². The number of carbonyl (C=O) groups excluding carboxylic acids is 1. The Balaban J connectivity index is 2.21. The van der Waals surface area contributed by atoms with Crippen LogP contribution < -0.4 is 10.6 Å². The van der Waals surface area contributed by atoms with Gasteiger partial charge in [0.2, 0.25) is 0 Å². The number of aliphatic hydroxyl groups excluding tert-OH is 1. The van der Waals surface area contributed by atoms with E-state index in [4.69, 9.17) is 15.6 Å². The number of methoxy groups -OCH3 is 1. The first-order valence-electron chi connectivity index (χ1n) is 6.88. The summed E-state index contributed by atoms with van der Waals surface area (Å²) in [6, 6.07) is 2.06. The summed E-state index contributed by atoms with van der Waals surface area (Å²) in [4.78, 5) is 18.2. The molecule has 0 aromatic carbocycles. The molecule has 3 N–H and O–H groups in total. The Morgan fingerprint density at radius 2 is 2.45 bits per heavy atom. The fourth-order valence-electron chi connectivity index (χ4n) is 2.66. The summed E-state index contributed by atoms with van der Waals surface area (Å²) < 4.78 is 4.73. The number of anilines is 2. The van der Waals surface area contributed by atoms with Crippen LogP contribution in [-0.2, 0) is 4.74 Å². The molecule has 6 heteroatoms. The molecule has 0 amide bonds. The average Bonchev–Trinajstić information content (AvgIpc) is 2.93. The van der Waals surface area contributed by atoms with Crippen molar-refractivity contribution in [2.24, 2.45) is 0 Å². The zero-order valence-corrected chi connectivity index (χ0v) is 11.7. The first kappa shape index (κ1) is 14.6. The van der Waals surface area contributed by atoms with Crippen LogP contribution in [0.15, 0.2) is 12.3 Å². The van der Waals surface area contributed by atoms with Gasteiger partial charge in [-0.1, -0.05) is 0 Å². The Labute approximate surface area is 118 Å². The molecule has 1 atom stereocenters. The molecule has 0 aliphatic carbocycles. The van der Waals surface area contributed by atoms with Crippen molar-refractivity contribution in [3.8, 4) is 0 Å². The molecule has 20 heavy (non-hydrogen) atoms. The lowest BCUT2D eigenvalue weighted by molar-refractivity contribution is 0.0602. The number of esters is 1. The highest BCUT2D eigenvalue weighted by Gasteiger charge is 2.26. The molecule has 0 bridgehead atoms. The summed E-state index contributed by atoms with van der Waals surface area (Å²) in [6.45, 7) is 1.11. The molecule has 6 nitrogen and oxygen atoms in total. The first-order chi connectivity index (χ1) is 9.67. The predicted molar refractivity (Wildman–Crippen MR) is 76.7 cm³/mol. The summed E-state index contributed by atoms with van der Waals surface area (Å²) in [5.74, 6) is 0.303. The number of aromatic nitrogens is 1. The Bertz CT molecular complexity index is 479. The van der Waals surface area contributed by atoms with Crippen molar-refractivity contribution in [1.82, 2.24) is 4.98 Å². The minimum absolute atomic E-state index is 0.201. The number of nitrogens with two attached hydrogens (primary N) is 1. The number of nitrogens with zero attached hydrogens (tertiary/aromatic N) is 2. The van der Waals surface area contributed by atoms with Crippen LogP contribution in [0.25, 0.3) is 0 Å². The van der Waals surface area contributed by atoms with Crippen molar-refractivity contribution in [2.75, 3.05) is 30.9 Å². The average molecular weight is 279 g/mol. The van der Waals surface area contributed by atoms with Gasteiger partial charge in [0.05, 0.1) is 24.6 Å². The van der Waals surface area contributed by atoms with E-state index in [1.165, 1.54) is 13.3 Å². The summed E-state index contributed by atoms with van der Waals surface area (Å²) in [5.41, 5.74) is 6.44. The Hall–Kier alpha value is -1.82. The zero-order valence-electron chi connectivity index (χ0n) is 11.7. The summed E-state index contributed by atoms with van der Waals surface area (Å²) in [7, 11) is 1.34. The second-order valence-electron chi connectivity index (χ2n) is 4.98. The number of ether oxygens (including phenoxy) is 1. The second kappa shape index (κ2) is 6.56. The molecule has 110 valence electrons. The van der Waals surface area contributed by atoms with Gasteiger partial charge in [0.15, 0.2) is 0 Å². The van der Waals surface area contributed by atoms with Crippen molar-refractivity contribution in [1.29, 1.82) is 0 Å². The SMILES string of the molecule is COC(=O)c1cc(N2CCCC2CCCO)ncc1N. The molecule has 0 saturated carbocycles. The summed E-state index contributed by atoms with van der Waals surface area (Å²) in [6.07, 6.45) is 5.38. The van der Waals surface area contributed by atoms with E-state index < -0.39 is 5.97 Å². The topological polar surface area (TPSA) is 88.7 Å². The van der Waals surface area contributed by atoms with E-state index in [2.05, 4.69) is 9.88 Å². The maximum Gasteiger partial charge on any atom is 0.340 e. The normalized spacial score (nSPS) is 18.3. The molecule has 2 heterocycles. The highest BCUT2D eigenvalue weighted by molar-refractivity contribution is 5.95. The standard InChI is InChI=1S/C14H21N3O3/c1-20-14(19)11-8-13(16-9-12(11)15)17-6-2-4-10(17)5-3-7-18/h8-10,18H,2-7,15H2,1H3. The van der Waals surface area contributed by atoms with Crippen molar-refractivity contribution < 1.29 is 14.6 Å². The van der Waals surface area contributed by atoms with Crippen LogP contribution in [0.2, 0.25) is 0 Å². The lowest BCUT2D eigenvalue weighted by Gasteiger charge is -2.26. The van der Waals surface area contributed by atoms with Gasteiger partial charge in [-0.3, -0.25) is 0 Å². The van der Waals surface area contributed by atoms with Crippen molar-refractivity contribution >= 4 is 17.5 Å². The number of aliphatic hydroxyl groups is 1. The van der Waals surface area contributed by atoms with Crippen LogP contribution in [0.5, 0.6) is 0 Å². The molecule has 2 rings (SSSR count). The number of pyridine rings is 1. The molecule has 1 aliphatic rings. The molecule has 0 radical (unpaired) electrons. The van der Waals surface area contributed by atoms with E-state index in [0.29, 0.717) is 17.3 Å². The number of nitrogen functional groups attached to an aromatic ring is 1. The third-order valence-corrected chi connectivity index (χ3v) is 3.69. The Morgan fingerprint density at radius 1 is 1.65 bits per heavy atom. The molecule has 1 fully saturated rings. The third-order valence-electron chi connectivity index (χ3n) is 3.69. The predicted octanol–water partition coefficient (Wildman–Crippen LogP) is 1.19. The van der Waals surface area contributed by atoms with Gasteiger partial charge in [-0.25, -0.2) is 9.78 Å². The van der Waals surface area contributed by atoms with E-state index >= 15 is 0 Å². The maximum atomic E-state index is 11.7. The summed E-state index contributed by atoms with van der Waals surface area (Å²) in [5, 5.41) is 8.96. The molecule has 1 aromatic heterocycles. The van der Waals surface area contributed by atoms with E-state index in [1.807, 2.05) is 0 Å². The van der Waals surface area contributed by atoms with Gasteiger partial charge < -0.3 is 20.5 Å². The minimum Gasteiger partial charge on any atom is -0.465 e. The highest BCUT2D eigenvalue weighted by atomic mass is 16.5. The third kappa shape index (κ3) is 3.01. The quantitative estimate of drug-likeness (QED) is 0.787. The fourth-order valence-corrected chi connectivity index (χ4v) is 2.66. The van der Waals surface area contributed by atoms with Gasteiger partial charge in [-0.05, 0) is 31.7 Å². The second-order valence-corrected chi connectivity index (χ2v) is 4.98. The number of hydrogen-bond acceptors (Lipinski definition) is 6.